The van der Waals surface area contributed by atoms with Gasteiger partial charge in [-0.25, -0.2) is 9.38 Å². The zero-order valence-corrected chi connectivity index (χ0v) is 15.5. The quantitative estimate of drug-likeness (QED) is 0.426. The molecule has 1 aliphatic heterocycles. The van der Waals surface area contributed by atoms with E-state index in [9.17, 15) is 22.4 Å². The number of hydrogen-bond donors (Lipinski definition) is 2. The number of allylic oxidation sites excluding steroid dienone is 1. The maximum atomic E-state index is 13.4. The zero-order chi connectivity index (χ0) is 21.2. The Morgan fingerprint density at radius 3 is 2.72 bits per heavy atom. The summed E-state index contributed by atoms with van der Waals surface area (Å²) < 4.78 is 58.9. The predicted octanol–water partition coefficient (Wildman–Crippen LogP) is 5.03. The van der Waals surface area contributed by atoms with Gasteiger partial charge in [-0.15, -0.1) is 0 Å². The SMILES string of the molecule is C/C=C\N=C(C)NC(=O)c1cccc2c1NC(c1ccc(F)cc1C(F)(F)F)O2. The molecule has 0 aromatic heterocycles. The molecule has 1 unspecified atom stereocenters. The number of ether oxygens (including phenoxy) is 1. The molecule has 0 bridgehead atoms. The van der Waals surface area contributed by atoms with Crippen molar-refractivity contribution in [2.75, 3.05) is 5.32 Å². The van der Waals surface area contributed by atoms with E-state index in [1.807, 2.05) is 0 Å². The van der Waals surface area contributed by atoms with Gasteiger partial charge in [-0.3, -0.25) is 4.79 Å². The first-order valence-corrected chi connectivity index (χ1v) is 8.60. The Labute approximate surface area is 164 Å². The summed E-state index contributed by atoms with van der Waals surface area (Å²) in [6, 6.07) is 6.92. The highest BCUT2D eigenvalue weighted by Gasteiger charge is 2.38. The summed E-state index contributed by atoms with van der Waals surface area (Å²) in [5.41, 5.74) is -1.02. The van der Waals surface area contributed by atoms with Crippen LogP contribution in [-0.2, 0) is 6.18 Å². The fourth-order valence-electron chi connectivity index (χ4n) is 2.85. The number of hydrogen-bond acceptors (Lipinski definition) is 4. The number of benzene rings is 2. The van der Waals surface area contributed by atoms with Gasteiger partial charge in [-0.2, -0.15) is 13.2 Å². The molecule has 2 N–H and O–H groups in total. The number of amides is 1. The average Bonchev–Trinajstić information content (AvgIpc) is 3.09. The van der Waals surface area contributed by atoms with Crippen LogP contribution in [0, 0.1) is 5.82 Å². The number of aliphatic imine (C=N–C) groups is 1. The van der Waals surface area contributed by atoms with Crippen molar-refractivity contribution in [2.45, 2.75) is 26.3 Å². The zero-order valence-electron chi connectivity index (χ0n) is 15.5. The molecule has 0 spiro atoms. The molecule has 2 aromatic carbocycles. The van der Waals surface area contributed by atoms with E-state index in [4.69, 9.17) is 4.74 Å². The second-order valence-corrected chi connectivity index (χ2v) is 6.20. The number of rotatable bonds is 3. The molecular formula is C20H17F4N3O2. The number of carbonyl (C=O) groups excluding carboxylic acids is 1. The smallest absolute Gasteiger partial charge is 0.416 e. The third kappa shape index (κ3) is 4.39. The summed E-state index contributed by atoms with van der Waals surface area (Å²) in [7, 11) is 0. The van der Waals surface area contributed by atoms with Crippen LogP contribution in [0.2, 0.25) is 0 Å². The lowest BCUT2D eigenvalue weighted by molar-refractivity contribution is -0.139. The van der Waals surface area contributed by atoms with Gasteiger partial charge < -0.3 is 15.4 Å². The number of nitrogens with one attached hydrogen (secondary N) is 2. The van der Waals surface area contributed by atoms with Crippen molar-refractivity contribution in [3.8, 4) is 5.75 Å². The topological polar surface area (TPSA) is 62.7 Å². The number of alkyl halides is 3. The van der Waals surface area contributed by atoms with Crippen LogP contribution >= 0.6 is 0 Å². The van der Waals surface area contributed by atoms with Crippen molar-refractivity contribution in [1.82, 2.24) is 5.32 Å². The van der Waals surface area contributed by atoms with Crippen molar-refractivity contribution >= 4 is 17.4 Å². The number of anilines is 1. The maximum Gasteiger partial charge on any atom is 0.416 e. The minimum atomic E-state index is -4.77. The van der Waals surface area contributed by atoms with E-state index in [1.165, 1.54) is 18.3 Å². The molecule has 0 radical (unpaired) electrons. The molecule has 29 heavy (non-hydrogen) atoms. The van der Waals surface area contributed by atoms with Crippen LogP contribution in [0.3, 0.4) is 0 Å². The maximum absolute atomic E-state index is 13.4. The summed E-state index contributed by atoms with van der Waals surface area (Å²) in [5, 5.41) is 5.38. The summed E-state index contributed by atoms with van der Waals surface area (Å²) in [6.07, 6.45) is -2.79. The van der Waals surface area contributed by atoms with Crippen LogP contribution in [0.15, 0.2) is 53.7 Å². The minimum Gasteiger partial charge on any atom is -0.464 e. The number of halogens is 4. The molecular weight excluding hydrogens is 390 g/mol. The minimum absolute atomic E-state index is 0.177. The normalized spacial score (nSPS) is 16.3. The first-order chi connectivity index (χ1) is 13.7. The van der Waals surface area contributed by atoms with Crippen LogP contribution in [0.4, 0.5) is 23.2 Å². The van der Waals surface area contributed by atoms with Crippen molar-refractivity contribution in [3.63, 3.8) is 0 Å². The van der Waals surface area contributed by atoms with Crippen molar-refractivity contribution < 1.29 is 27.1 Å². The fourth-order valence-corrected chi connectivity index (χ4v) is 2.85. The highest BCUT2D eigenvalue weighted by atomic mass is 19.4. The first kappa shape index (κ1) is 20.4. The lowest BCUT2D eigenvalue weighted by Gasteiger charge is -2.18. The molecule has 9 heteroatoms. The number of para-hydroxylation sites is 1. The van der Waals surface area contributed by atoms with E-state index >= 15 is 0 Å². The highest BCUT2D eigenvalue weighted by molar-refractivity contribution is 6.09. The summed E-state index contributed by atoms with van der Waals surface area (Å²) in [5.74, 6) is -0.950. The molecule has 0 aliphatic carbocycles. The van der Waals surface area contributed by atoms with Crippen LogP contribution in [0.5, 0.6) is 5.75 Å². The molecule has 3 rings (SSSR count). The predicted molar refractivity (Wildman–Crippen MR) is 100 cm³/mol. The van der Waals surface area contributed by atoms with Gasteiger partial charge in [0.1, 0.15) is 17.4 Å². The van der Waals surface area contributed by atoms with Crippen molar-refractivity contribution in [1.29, 1.82) is 0 Å². The molecule has 2 aromatic rings. The standard InChI is InChI=1S/C20H17F4N3O2/c1-3-9-25-11(2)26-18(28)14-5-4-6-16-17(14)27-19(29-16)13-8-7-12(21)10-15(13)20(22,23)24/h3-10,19,27H,1-2H3,(H,25,26,28)/b9-3-. The average molecular weight is 407 g/mol. The molecule has 1 heterocycles. The van der Waals surface area contributed by atoms with Gasteiger partial charge in [0.15, 0.2) is 6.23 Å². The second kappa shape index (κ2) is 7.94. The van der Waals surface area contributed by atoms with Gasteiger partial charge in [-0.1, -0.05) is 12.1 Å². The largest absolute Gasteiger partial charge is 0.464 e. The van der Waals surface area contributed by atoms with Crippen molar-refractivity contribution in [2.24, 2.45) is 4.99 Å². The van der Waals surface area contributed by atoms with E-state index < -0.39 is 29.7 Å². The Hall–Kier alpha value is -3.36. The molecule has 5 nitrogen and oxygen atoms in total. The Morgan fingerprint density at radius 2 is 2.03 bits per heavy atom. The summed E-state index contributed by atoms with van der Waals surface area (Å²) in [4.78, 5) is 16.6. The molecule has 152 valence electrons. The van der Waals surface area contributed by atoms with E-state index in [2.05, 4.69) is 15.6 Å². The van der Waals surface area contributed by atoms with Crippen molar-refractivity contribution in [3.05, 3.63) is 71.2 Å². The molecule has 0 saturated carbocycles. The number of carbonyl (C=O) groups is 1. The Morgan fingerprint density at radius 1 is 1.28 bits per heavy atom. The fraction of sp³-hybridized carbons (Fsp3) is 0.200. The number of nitrogens with zero attached hydrogens (tertiary/aromatic N) is 1. The van der Waals surface area contributed by atoms with E-state index in [1.54, 1.807) is 26.0 Å². The second-order valence-electron chi connectivity index (χ2n) is 6.20. The molecule has 0 fully saturated rings. The van der Waals surface area contributed by atoms with Crippen LogP contribution in [0.25, 0.3) is 0 Å². The van der Waals surface area contributed by atoms with E-state index in [0.29, 0.717) is 11.9 Å². The lowest BCUT2D eigenvalue weighted by Crippen LogP contribution is -2.28. The van der Waals surface area contributed by atoms with E-state index in [0.717, 1.165) is 12.1 Å². The molecule has 0 saturated heterocycles. The monoisotopic (exact) mass is 407 g/mol. The third-order valence-corrected chi connectivity index (χ3v) is 4.11. The first-order valence-electron chi connectivity index (χ1n) is 8.60. The van der Waals surface area contributed by atoms with E-state index in [-0.39, 0.29) is 22.6 Å². The molecule has 1 aliphatic rings. The van der Waals surface area contributed by atoms with Gasteiger partial charge in [0.05, 0.1) is 16.8 Å². The van der Waals surface area contributed by atoms with Crippen LogP contribution in [-0.4, -0.2) is 11.7 Å². The third-order valence-electron chi connectivity index (χ3n) is 4.11. The van der Waals surface area contributed by atoms with Gasteiger partial charge >= 0.3 is 6.18 Å². The summed E-state index contributed by atoms with van der Waals surface area (Å²) in [6.45, 7) is 3.37. The van der Waals surface area contributed by atoms with Gasteiger partial charge in [-0.05, 0) is 44.2 Å². The van der Waals surface area contributed by atoms with Crippen LogP contribution < -0.4 is 15.4 Å². The number of amidine groups is 1. The van der Waals surface area contributed by atoms with Gasteiger partial charge in [0, 0.05) is 11.8 Å². The summed E-state index contributed by atoms with van der Waals surface area (Å²) >= 11 is 0. The van der Waals surface area contributed by atoms with Gasteiger partial charge in [0.25, 0.3) is 5.91 Å². The van der Waals surface area contributed by atoms with Gasteiger partial charge in [0.2, 0.25) is 0 Å². The Kier molecular flexibility index (Phi) is 5.58. The molecule has 1 atom stereocenters. The lowest BCUT2D eigenvalue weighted by atomic mass is 10.1. The highest BCUT2D eigenvalue weighted by Crippen LogP contribution is 2.43. The Balaban J connectivity index is 1.91. The molecule has 1 amide bonds. The van der Waals surface area contributed by atoms with Crippen LogP contribution in [0.1, 0.15) is 41.6 Å². The Bertz CT molecular complexity index is 1000. The number of fused-ring (bicyclic) bond motifs is 1.